The lowest BCUT2D eigenvalue weighted by atomic mass is 9.97. The maximum Gasteiger partial charge on any atom is 0.123 e. The van der Waals surface area contributed by atoms with Gasteiger partial charge in [-0.2, -0.15) is 0 Å². The molecule has 0 heterocycles. The summed E-state index contributed by atoms with van der Waals surface area (Å²) in [6, 6.07) is 4.16. The summed E-state index contributed by atoms with van der Waals surface area (Å²) in [5.74, 6) is 1.49. The van der Waals surface area contributed by atoms with E-state index in [9.17, 15) is 0 Å². The molecule has 1 rings (SSSR count). The Balaban J connectivity index is 3.27. The van der Waals surface area contributed by atoms with E-state index >= 15 is 0 Å². The van der Waals surface area contributed by atoms with Gasteiger partial charge in [-0.15, -0.1) is 0 Å². The molecule has 0 N–H and O–H groups in total. The number of benzene rings is 1. The van der Waals surface area contributed by atoms with Crippen LogP contribution in [0, 0.1) is 6.92 Å². The number of ether oxygens (including phenoxy) is 1. The van der Waals surface area contributed by atoms with Crippen LogP contribution in [0.25, 0.3) is 0 Å². The largest absolute Gasteiger partial charge is 0.496 e. The molecule has 0 aliphatic carbocycles. The Morgan fingerprint density at radius 2 is 1.92 bits per heavy atom. The van der Waals surface area contributed by atoms with Gasteiger partial charge in [-0.25, -0.2) is 0 Å². The summed E-state index contributed by atoms with van der Waals surface area (Å²) < 4.78 is 6.37. The van der Waals surface area contributed by atoms with Crippen molar-refractivity contribution in [2.24, 2.45) is 0 Å². The van der Waals surface area contributed by atoms with Gasteiger partial charge in [0.05, 0.1) is 7.11 Å². The van der Waals surface area contributed by atoms with Crippen molar-refractivity contribution in [2.45, 2.75) is 26.7 Å². The van der Waals surface area contributed by atoms with E-state index in [1.54, 1.807) is 7.11 Å². The summed E-state index contributed by atoms with van der Waals surface area (Å²) in [7, 11) is 1.71. The molecule has 72 valence electrons. The van der Waals surface area contributed by atoms with Crippen LogP contribution in [-0.4, -0.2) is 7.11 Å². The summed E-state index contributed by atoms with van der Waals surface area (Å²) in [6.45, 7) is 6.48. The van der Waals surface area contributed by atoms with Gasteiger partial charge in [-0.1, -0.05) is 29.8 Å². The molecule has 0 radical (unpaired) electrons. The highest BCUT2D eigenvalue weighted by Crippen LogP contribution is 2.30. The molecule has 1 aromatic rings. The average molecular weight is 243 g/mol. The number of halogens is 1. The highest BCUT2D eigenvalue weighted by atomic mass is 79.9. The predicted molar refractivity (Wildman–Crippen MR) is 59.5 cm³/mol. The lowest BCUT2D eigenvalue weighted by molar-refractivity contribution is 0.410. The van der Waals surface area contributed by atoms with E-state index in [2.05, 4.69) is 42.8 Å². The first-order chi connectivity index (χ1) is 6.06. The van der Waals surface area contributed by atoms with Gasteiger partial charge >= 0.3 is 0 Å². The van der Waals surface area contributed by atoms with Gasteiger partial charge in [0.25, 0.3) is 0 Å². The maximum atomic E-state index is 5.29. The Morgan fingerprint density at radius 3 is 2.38 bits per heavy atom. The van der Waals surface area contributed by atoms with Gasteiger partial charge in [0.1, 0.15) is 5.75 Å². The molecule has 0 saturated carbocycles. The zero-order valence-electron chi connectivity index (χ0n) is 8.52. The fourth-order valence-corrected chi connectivity index (χ4v) is 1.94. The van der Waals surface area contributed by atoms with Gasteiger partial charge < -0.3 is 4.74 Å². The quantitative estimate of drug-likeness (QED) is 0.765. The van der Waals surface area contributed by atoms with Gasteiger partial charge in [0.15, 0.2) is 0 Å². The van der Waals surface area contributed by atoms with E-state index in [1.165, 1.54) is 11.1 Å². The first-order valence-corrected chi connectivity index (χ1v) is 5.19. The van der Waals surface area contributed by atoms with Crippen LogP contribution in [0.2, 0.25) is 0 Å². The molecule has 0 atom stereocenters. The third-order valence-corrected chi connectivity index (χ3v) is 2.66. The monoisotopic (exact) mass is 242 g/mol. The molecule has 1 aromatic carbocycles. The molecule has 0 saturated heterocycles. The second-order valence-corrected chi connectivity index (χ2v) is 4.39. The first-order valence-electron chi connectivity index (χ1n) is 4.40. The van der Waals surface area contributed by atoms with Gasteiger partial charge in [0, 0.05) is 4.47 Å². The molecular weight excluding hydrogens is 228 g/mol. The summed E-state index contributed by atoms with van der Waals surface area (Å²) in [5.41, 5.74) is 2.58. The second-order valence-electron chi connectivity index (χ2n) is 3.48. The highest BCUT2D eigenvalue weighted by Gasteiger charge is 2.09. The zero-order valence-corrected chi connectivity index (χ0v) is 10.1. The maximum absolute atomic E-state index is 5.29. The summed E-state index contributed by atoms with van der Waals surface area (Å²) in [4.78, 5) is 0. The molecule has 0 unspecified atom stereocenters. The Hall–Kier alpha value is -0.500. The van der Waals surface area contributed by atoms with Crippen LogP contribution in [0.4, 0.5) is 0 Å². The van der Waals surface area contributed by atoms with Crippen LogP contribution < -0.4 is 4.74 Å². The molecule has 0 aliphatic heterocycles. The molecule has 13 heavy (non-hydrogen) atoms. The van der Waals surface area contributed by atoms with E-state index < -0.39 is 0 Å². The summed E-state index contributed by atoms with van der Waals surface area (Å²) in [5, 5.41) is 0. The van der Waals surface area contributed by atoms with Crippen molar-refractivity contribution in [3.8, 4) is 5.75 Å². The van der Waals surface area contributed by atoms with E-state index in [0.717, 1.165) is 10.2 Å². The van der Waals surface area contributed by atoms with Gasteiger partial charge in [0.2, 0.25) is 0 Å². The minimum absolute atomic E-state index is 0.534. The lowest BCUT2D eigenvalue weighted by Crippen LogP contribution is -1.96. The van der Waals surface area contributed by atoms with Crippen LogP contribution in [0.5, 0.6) is 5.75 Å². The van der Waals surface area contributed by atoms with Crippen molar-refractivity contribution in [1.29, 1.82) is 0 Å². The fourth-order valence-electron chi connectivity index (χ4n) is 1.49. The smallest absolute Gasteiger partial charge is 0.123 e. The van der Waals surface area contributed by atoms with Crippen molar-refractivity contribution in [3.05, 3.63) is 27.7 Å². The minimum atomic E-state index is 0.534. The van der Waals surface area contributed by atoms with Crippen molar-refractivity contribution >= 4 is 15.9 Å². The van der Waals surface area contributed by atoms with Crippen molar-refractivity contribution < 1.29 is 4.74 Å². The van der Waals surface area contributed by atoms with E-state index in [4.69, 9.17) is 4.74 Å². The van der Waals surface area contributed by atoms with E-state index in [1.807, 2.05) is 6.07 Å². The zero-order chi connectivity index (χ0) is 10.0. The molecule has 0 amide bonds. The third-order valence-electron chi connectivity index (χ3n) is 2.21. The third kappa shape index (κ3) is 2.25. The number of methoxy groups -OCH3 is 1. The second kappa shape index (κ2) is 4.14. The SMILES string of the molecule is COc1cc(Br)cc(C(C)C)c1C. The molecule has 0 bridgehead atoms. The number of hydrogen-bond acceptors (Lipinski definition) is 1. The van der Waals surface area contributed by atoms with Crippen LogP contribution >= 0.6 is 15.9 Å². The van der Waals surface area contributed by atoms with Crippen LogP contribution in [0.1, 0.15) is 30.9 Å². The van der Waals surface area contributed by atoms with Crippen molar-refractivity contribution in [1.82, 2.24) is 0 Å². The average Bonchev–Trinajstić information content (AvgIpc) is 2.08. The summed E-state index contributed by atoms with van der Waals surface area (Å²) >= 11 is 3.48. The Bertz CT molecular complexity index is 305. The lowest BCUT2D eigenvalue weighted by Gasteiger charge is -2.13. The number of hydrogen-bond donors (Lipinski definition) is 0. The van der Waals surface area contributed by atoms with Crippen molar-refractivity contribution in [2.75, 3.05) is 7.11 Å². The van der Waals surface area contributed by atoms with E-state index in [-0.39, 0.29) is 0 Å². The molecule has 0 fully saturated rings. The van der Waals surface area contributed by atoms with Crippen LogP contribution in [0.3, 0.4) is 0 Å². The number of rotatable bonds is 2. The first kappa shape index (κ1) is 10.6. The molecule has 0 aliphatic rings. The molecular formula is C11H15BrO. The molecule has 0 spiro atoms. The fraction of sp³-hybridized carbons (Fsp3) is 0.455. The van der Waals surface area contributed by atoms with Gasteiger partial charge in [-0.3, -0.25) is 0 Å². The Morgan fingerprint density at radius 1 is 1.31 bits per heavy atom. The molecule has 2 heteroatoms. The Kier molecular flexibility index (Phi) is 3.37. The minimum Gasteiger partial charge on any atom is -0.496 e. The normalized spacial score (nSPS) is 10.6. The van der Waals surface area contributed by atoms with E-state index in [0.29, 0.717) is 5.92 Å². The molecule has 1 nitrogen and oxygen atoms in total. The van der Waals surface area contributed by atoms with Gasteiger partial charge in [-0.05, 0) is 36.1 Å². The Labute approximate surface area is 88.2 Å². The highest BCUT2D eigenvalue weighted by molar-refractivity contribution is 9.10. The standard InChI is InChI=1S/C11H15BrO/c1-7(2)10-5-9(12)6-11(13-4)8(10)3/h5-7H,1-4H3. The van der Waals surface area contributed by atoms with Crippen LogP contribution in [-0.2, 0) is 0 Å². The predicted octanol–water partition coefficient (Wildman–Crippen LogP) is 3.89. The van der Waals surface area contributed by atoms with Crippen molar-refractivity contribution in [3.63, 3.8) is 0 Å². The topological polar surface area (TPSA) is 9.23 Å². The van der Waals surface area contributed by atoms with Crippen LogP contribution in [0.15, 0.2) is 16.6 Å². The summed E-state index contributed by atoms with van der Waals surface area (Å²) in [6.07, 6.45) is 0. The molecule has 0 aromatic heterocycles.